The van der Waals surface area contributed by atoms with Gasteiger partial charge in [-0.15, -0.1) is 33.3 Å². The van der Waals surface area contributed by atoms with Crippen LogP contribution in [0.25, 0.3) is 21.7 Å². The maximum atomic E-state index is 12.7. The first-order valence-electron chi connectivity index (χ1n) is 11.3. The largest absolute Gasteiger partial charge is 0.455 e. The van der Waals surface area contributed by atoms with Gasteiger partial charge < -0.3 is 14.1 Å². The molecule has 0 radical (unpaired) electrons. The van der Waals surface area contributed by atoms with Gasteiger partial charge in [0.2, 0.25) is 5.89 Å². The number of non-ortho nitro benzene ring substituents is 1. The molecule has 0 saturated heterocycles. The fourth-order valence-electron chi connectivity index (χ4n) is 3.95. The van der Waals surface area contributed by atoms with Gasteiger partial charge in [0.15, 0.2) is 6.61 Å². The number of nitro groups is 1. The zero-order chi connectivity index (χ0) is 25.2. The van der Waals surface area contributed by atoms with Gasteiger partial charge in [0, 0.05) is 22.6 Å². The number of aromatic nitrogens is 4. The lowest BCUT2D eigenvalue weighted by atomic mass is 9.97. The third kappa shape index (κ3) is 5.02. The molecule has 0 spiro atoms. The van der Waals surface area contributed by atoms with Crippen molar-refractivity contribution in [3.05, 3.63) is 66.9 Å². The fraction of sp³-hybridized carbons (Fsp3) is 0.348. The molecule has 0 unspecified atom stereocenters. The van der Waals surface area contributed by atoms with Crippen LogP contribution < -0.4 is 5.56 Å². The summed E-state index contributed by atoms with van der Waals surface area (Å²) in [5, 5.41) is 18.7. The van der Waals surface area contributed by atoms with Gasteiger partial charge in [-0.2, -0.15) is 0 Å². The van der Waals surface area contributed by atoms with E-state index in [4.69, 9.17) is 9.15 Å². The smallest absolute Gasteiger partial charge is 0.319 e. The molecule has 5 rings (SSSR count). The zero-order valence-corrected chi connectivity index (χ0v) is 20.8. The Morgan fingerprint density at radius 3 is 2.83 bits per heavy atom. The lowest BCUT2D eigenvalue weighted by Gasteiger charge is -2.10. The Balaban J connectivity index is 1.16. The number of nitrogens with one attached hydrogen (secondary N) is 1. The fourth-order valence-corrected chi connectivity index (χ4v) is 5.98. The van der Waals surface area contributed by atoms with Crippen LogP contribution in [-0.4, -0.2) is 36.3 Å². The van der Waals surface area contributed by atoms with Crippen molar-refractivity contribution in [2.75, 3.05) is 0 Å². The number of nitro benzene ring substituents is 1. The Morgan fingerprint density at radius 1 is 1.28 bits per heavy atom. The van der Waals surface area contributed by atoms with Gasteiger partial charge in [-0.1, -0.05) is 0 Å². The van der Waals surface area contributed by atoms with Crippen molar-refractivity contribution in [2.45, 2.75) is 50.2 Å². The number of carbonyl (C=O) groups excluding carboxylic acids is 1. The Bertz CT molecular complexity index is 1490. The maximum Gasteiger partial charge on any atom is 0.319 e. The van der Waals surface area contributed by atoms with Gasteiger partial charge >= 0.3 is 5.97 Å². The third-order valence-electron chi connectivity index (χ3n) is 5.81. The molecule has 4 aromatic rings. The molecular weight excluding hydrogens is 506 g/mol. The van der Waals surface area contributed by atoms with E-state index in [0.29, 0.717) is 22.5 Å². The number of rotatable bonds is 8. The van der Waals surface area contributed by atoms with Crippen LogP contribution in [0, 0.1) is 10.1 Å². The summed E-state index contributed by atoms with van der Waals surface area (Å²) >= 11 is 2.90. The maximum absolute atomic E-state index is 12.7. The predicted molar refractivity (Wildman–Crippen MR) is 134 cm³/mol. The van der Waals surface area contributed by atoms with E-state index < -0.39 is 16.1 Å². The summed E-state index contributed by atoms with van der Waals surface area (Å²) in [6.07, 6.45) is 4.16. The van der Waals surface area contributed by atoms with E-state index in [1.165, 1.54) is 40.9 Å². The second-order valence-corrected chi connectivity index (χ2v) is 10.7. The van der Waals surface area contributed by atoms with Gasteiger partial charge in [0.25, 0.3) is 17.1 Å². The molecule has 1 N–H and O–H groups in total. The van der Waals surface area contributed by atoms with Gasteiger partial charge in [-0.05, 0) is 50.3 Å². The van der Waals surface area contributed by atoms with E-state index in [0.717, 1.165) is 36.1 Å². The molecule has 3 heterocycles. The number of carbonyl (C=O) groups is 1. The van der Waals surface area contributed by atoms with Crippen LogP contribution in [0.4, 0.5) is 5.69 Å². The molecule has 0 amide bonds. The Labute approximate surface area is 212 Å². The first-order valence-corrected chi connectivity index (χ1v) is 13.1. The van der Waals surface area contributed by atoms with Crippen LogP contribution in [0.2, 0.25) is 0 Å². The van der Waals surface area contributed by atoms with Crippen molar-refractivity contribution in [1.82, 2.24) is 20.2 Å². The second-order valence-electron chi connectivity index (χ2n) is 8.27. The number of ether oxygens (including phenoxy) is 1. The van der Waals surface area contributed by atoms with Crippen molar-refractivity contribution in [2.24, 2.45) is 0 Å². The average Bonchev–Trinajstić information content (AvgIpc) is 3.50. The highest BCUT2D eigenvalue weighted by Gasteiger charge is 2.21. The lowest BCUT2D eigenvalue weighted by molar-refractivity contribution is -0.384. The number of esters is 1. The van der Waals surface area contributed by atoms with E-state index in [-0.39, 0.29) is 29.6 Å². The third-order valence-corrected chi connectivity index (χ3v) is 8.12. The summed E-state index contributed by atoms with van der Waals surface area (Å²) in [6.45, 7) is 1.51. The quantitative estimate of drug-likeness (QED) is 0.200. The second kappa shape index (κ2) is 10.2. The molecule has 1 aliphatic carbocycles. The molecule has 0 bridgehead atoms. The molecule has 1 aromatic carbocycles. The Kier molecular flexibility index (Phi) is 6.83. The standard InChI is InChI=1S/C23H21N5O6S2/c1-12(35-11-17-24-20(29)19-15-4-2-3-5-16(15)36-22(19)25-17)23(30)33-10-18-26-27-21(34-18)13-6-8-14(9-7-13)28(31)32/h6-9,12H,2-5,10-11H2,1H3,(H,24,25,29)/t12-/m1/s1. The summed E-state index contributed by atoms with van der Waals surface area (Å²) in [5.41, 5.74) is 1.49. The van der Waals surface area contributed by atoms with Crippen LogP contribution in [0.5, 0.6) is 0 Å². The first kappa shape index (κ1) is 24.1. The number of hydrogen-bond acceptors (Lipinski definition) is 11. The molecule has 1 atom stereocenters. The van der Waals surface area contributed by atoms with Gasteiger partial charge in [0.1, 0.15) is 15.9 Å². The van der Waals surface area contributed by atoms with Crippen LogP contribution in [-0.2, 0) is 34.7 Å². The molecule has 36 heavy (non-hydrogen) atoms. The molecule has 0 aliphatic heterocycles. The van der Waals surface area contributed by atoms with Gasteiger partial charge in [-0.3, -0.25) is 19.7 Å². The van der Waals surface area contributed by atoms with E-state index in [1.807, 2.05) is 0 Å². The van der Waals surface area contributed by atoms with E-state index in [1.54, 1.807) is 18.3 Å². The minimum Gasteiger partial charge on any atom is -0.455 e. The molecule has 13 heteroatoms. The average molecular weight is 528 g/mol. The van der Waals surface area contributed by atoms with E-state index in [9.17, 15) is 19.7 Å². The summed E-state index contributed by atoms with van der Waals surface area (Å²) in [5.74, 6) is 0.686. The van der Waals surface area contributed by atoms with Crippen molar-refractivity contribution < 1.29 is 18.9 Å². The lowest BCUT2D eigenvalue weighted by Crippen LogP contribution is -2.18. The molecule has 186 valence electrons. The minimum absolute atomic E-state index is 0.0485. The molecular formula is C23H21N5O6S2. The van der Waals surface area contributed by atoms with Crippen molar-refractivity contribution in [3.8, 4) is 11.5 Å². The SMILES string of the molecule is C[C@@H](SCc1nc2sc3c(c2c(=O)[nH]1)CCCC3)C(=O)OCc1nnc(-c2ccc([N+](=O)[O-])cc2)o1. The monoisotopic (exact) mass is 527 g/mol. The first-order chi connectivity index (χ1) is 17.4. The predicted octanol–water partition coefficient (Wildman–Crippen LogP) is 4.19. The molecule has 11 nitrogen and oxygen atoms in total. The van der Waals surface area contributed by atoms with Gasteiger partial charge in [0.05, 0.1) is 16.1 Å². The summed E-state index contributed by atoms with van der Waals surface area (Å²) < 4.78 is 10.8. The number of hydrogen-bond donors (Lipinski definition) is 1. The van der Waals surface area contributed by atoms with Crippen LogP contribution in [0.1, 0.15) is 41.9 Å². The van der Waals surface area contributed by atoms with E-state index >= 15 is 0 Å². The number of fused-ring (bicyclic) bond motifs is 3. The number of thioether (sulfide) groups is 1. The summed E-state index contributed by atoms with van der Waals surface area (Å²) in [4.78, 5) is 44.9. The highest BCUT2D eigenvalue weighted by atomic mass is 32.2. The topological polar surface area (TPSA) is 154 Å². The normalized spacial score (nSPS) is 13.9. The minimum atomic E-state index is -0.514. The van der Waals surface area contributed by atoms with Gasteiger partial charge in [-0.25, -0.2) is 4.98 Å². The van der Waals surface area contributed by atoms with E-state index in [2.05, 4.69) is 20.2 Å². The van der Waals surface area contributed by atoms with Crippen molar-refractivity contribution in [1.29, 1.82) is 0 Å². The van der Waals surface area contributed by atoms with Crippen LogP contribution >= 0.6 is 23.1 Å². The Morgan fingerprint density at radius 2 is 2.06 bits per heavy atom. The molecule has 1 aliphatic rings. The molecule has 0 saturated carbocycles. The number of nitrogens with zero attached hydrogens (tertiary/aromatic N) is 4. The number of aryl methyl sites for hydroxylation is 2. The number of H-pyrrole nitrogens is 1. The van der Waals surface area contributed by atoms with Crippen molar-refractivity contribution >= 4 is 45.0 Å². The summed E-state index contributed by atoms with van der Waals surface area (Å²) in [7, 11) is 0. The number of aromatic amines is 1. The number of thiophene rings is 1. The van der Waals surface area contributed by atoms with Crippen molar-refractivity contribution in [3.63, 3.8) is 0 Å². The summed E-state index contributed by atoms with van der Waals surface area (Å²) in [6, 6.07) is 5.68. The zero-order valence-electron chi connectivity index (χ0n) is 19.2. The number of benzene rings is 1. The highest BCUT2D eigenvalue weighted by molar-refractivity contribution is 7.99. The molecule has 3 aromatic heterocycles. The highest BCUT2D eigenvalue weighted by Crippen LogP contribution is 2.33. The van der Waals surface area contributed by atoms with Crippen LogP contribution in [0.15, 0.2) is 33.5 Å². The molecule has 0 fully saturated rings. The Hall–Kier alpha value is -3.58. The van der Waals surface area contributed by atoms with Crippen LogP contribution in [0.3, 0.4) is 0 Å².